The minimum Gasteiger partial charge on any atom is -0.438 e. The summed E-state index contributed by atoms with van der Waals surface area (Å²) in [5, 5.41) is 5.01. The first kappa shape index (κ1) is 24.6. The molecule has 1 aliphatic rings. The normalized spacial score (nSPS) is 13.8. The van der Waals surface area contributed by atoms with E-state index in [0.29, 0.717) is 30.0 Å². The van der Waals surface area contributed by atoms with Crippen molar-refractivity contribution in [2.24, 2.45) is 12.5 Å². The highest BCUT2D eigenvalue weighted by Crippen LogP contribution is 2.48. The Morgan fingerprint density at radius 1 is 0.897 bits per heavy atom. The molecule has 1 saturated carbocycles. The molecule has 2 heterocycles. The average molecular weight is 521 g/mol. The van der Waals surface area contributed by atoms with Crippen molar-refractivity contribution in [1.82, 2.24) is 19.7 Å². The lowest BCUT2D eigenvalue weighted by Gasteiger charge is -2.13. The number of aromatic nitrogens is 4. The lowest BCUT2D eigenvalue weighted by molar-refractivity contribution is -0.133. The molecule has 7 nitrogen and oxygen atoms in total. The van der Waals surface area contributed by atoms with E-state index in [1.54, 1.807) is 35.1 Å². The molecule has 0 unspecified atom stereocenters. The highest BCUT2D eigenvalue weighted by atomic mass is 19.1. The molecule has 2 aromatic heterocycles. The highest BCUT2D eigenvalue weighted by molar-refractivity contribution is 6.10. The summed E-state index contributed by atoms with van der Waals surface area (Å²) in [7, 11) is 1.87. The maximum absolute atomic E-state index is 13.2. The Morgan fingerprint density at radius 3 is 2.18 bits per heavy atom. The zero-order valence-electron chi connectivity index (χ0n) is 21.3. The molecule has 0 aliphatic heterocycles. The predicted octanol–water partition coefficient (Wildman–Crippen LogP) is 5.67. The van der Waals surface area contributed by atoms with Gasteiger partial charge in [-0.1, -0.05) is 30.3 Å². The van der Waals surface area contributed by atoms with Crippen molar-refractivity contribution in [3.05, 3.63) is 102 Å². The van der Waals surface area contributed by atoms with Crippen molar-refractivity contribution in [3.63, 3.8) is 0 Å². The van der Waals surface area contributed by atoms with Gasteiger partial charge in [0.25, 0.3) is 0 Å². The van der Waals surface area contributed by atoms with Gasteiger partial charge in [-0.05, 0) is 65.9 Å². The number of carbonyl (C=O) groups is 2. The molecule has 194 valence electrons. The summed E-state index contributed by atoms with van der Waals surface area (Å²) < 4.78 is 21.0. The Morgan fingerprint density at radius 2 is 1.56 bits per heavy atom. The molecule has 1 fully saturated rings. The molecular formula is C31H25FN4O3. The number of hydrogen-bond donors (Lipinski definition) is 0. The number of nitrogens with zero attached hydrogens (tertiary/aromatic N) is 4. The topological polar surface area (TPSA) is 87.0 Å². The third-order valence-electron chi connectivity index (χ3n) is 7.23. The van der Waals surface area contributed by atoms with E-state index in [0.717, 1.165) is 27.6 Å². The number of Topliss-reactive ketones (excluding diaryl/α,β-unsaturated/α-hetero) is 2. The maximum Gasteiger partial charge on any atom is 0.230 e. The second kappa shape index (κ2) is 9.87. The molecule has 1 aliphatic carbocycles. The standard InChI is InChI=1S/C31H25FN4O3/c1-36-18-23(17-35-36)22-6-11-27-26(16-22)30(34-19-33-27)39-25-9-4-21(5-10-25)15-29(38)31(12-13-31)28(37)14-20-2-7-24(32)8-3-20/h2-11,16-19H,12-15H2,1H3. The number of ketones is 2. The van der Waals surface area contributed by atoms with E-state index >= 15 is 0 Å². The molecule has 3 aromatic carbocycles. The van der Waals surface area contributed by atoms with Crippen LogP contribution in [0.1, 0.15) is 24.0 Å². The van der Waals surface area contributed by atoms with Gasteiger partial charge >= 0.3 is 0 Å². The Hall–Kier alpha value is -4.72. The largest absolute Gasteiger partial charge is 0.438 e. The number of aryl methyl sites for hydroxylation is 1. The van der Waals surface area contributed by atoms with Crippen molar-refractivity contribution in [1.29, 1.82) is 0 Å². The zero-order chi connectivity index (χ0) is 27.0. The van der Waals surface area contributed by atoms with Crippen LogP contribution < -0.4 is 4.74 Å². The number of rotatable bonds is 9. The van der Waals surface area contributed by atoms with Crippen molar-refractivity contribution in [2.45, 2.75) is 25.7 Å². The van der Waals surface area contributed by atoms with Gasteiger partial charge in [-0.3, -0.25) is 14.3 Å². The average Bonchev–Trinajstić information content (AvgIpc) is 3.65. The van der Waals surface area contributed by atoms with Crippen LogP contribution in [-0.2, 0) is 29.5 Å². The number of benzene rings is 3. The molecule has 0 N–H and O–H groups in total. The van der Waals surface area contributed by atoms with E-state index < -0.39 is 5.41 Å². The quantitative estimate of drug-likeness (QED) is 0.233. The number of hydrogen-bond acceptors (Lipinski definition) is 6. The SMILES string of the molecule is Cn1cc(-c2ccc3ncnc(Oc4ccc(CC(=O)C5(C(=O)Cc6ccc(F)cc6)CC5)cc4)c3c2)cn1. The lowest BCUT2D eigenvalue weighted by Crippen LogP contribution is -2.28. The van der Waals surface area contributed by atoms with E-state index in [1.165, 1.54) is 18.5 Å². The molecule has 0 atom stereocenters. The summed E-state index contributed by atoms with van der Waals surface area (Å²) in [4.78, 5) is 34.8. The van der Waals surface area contributed by atoms with E-state index in [9.17, 15) is 14.0 Å². The van der Waals surface area contributed by atoms with Crippen LogP contribution in [0.5, 0.6) is 11.6 Å². The molecule has 8 heteroatoms. The van der Waals surface area contributed by atoms with Crippen LogP contribution >= 0.6 is 0 Å². The number of ether oxygens (including phenoxy) is 1. The number of fused-ring (bicyclic) bond motifs is 1. The monoisotopic (exact) mass is 520 g/mol. The van der Waals surface area contributed by atoms with Crippen LogP contribution in [0.25, 0.3) is 22.0 Å². The molecule has 0 amide bonds. The van der Waals surface area contributed by atoms with Crippen LogP contribution in [0.4, 0.5) is 4.39 Å². The van der Waals surface area contributed by atoms with Gasteiger partial charge in [0.2, 0.25) is 5.88 Å². The summed E-state index contributed by atoms with van der Waals surface area (Å²) in [6.07, 6.45) is 6.63. The van der Waals surface area contributed by atoms with Gasteiger partial charge in [0.05, 0.1) is 22.5 Å². The number of halogens is 1. The zero-order valence-corrected chi connectivity index (χ0v) is 21.3. The smallest absolute Gasteiger partial charge is 0.230 e. The molecule has 0 saturated heterocycles. The van der Waals surface area contributed by atoms with Gasteiger partial charge in [-0.15, -0.1) is 0 Å². The fourth-order valence-corrected chi connectivity index (χ4v) is 4.80. The van der Waals surface area contributed by atoms with Crippen molar-refractivity contribution in [2.75, 3.05) is 0 Å². The molecule has 39 heavy (non-hydrogen) atoms. The summed E-state index contributed by atoms with van der Waals surface area (Å²) in [6, 6.07) is 19.0. The maximum atomic E-state index is 13.2. The highest BCUT2D eigenvalue weighted by Gasteiger charge is 2.54. The third kappa shape index (κ3) is 5.05. The van der Waals surface area contributed by atoms with Gasteiger partial charge in [0.1, 0.15) is 17.9 Å². The van der Waals surface area contributed by atoms with Crippen LogP contribution in [0, 0.1) is 11.2 Å². The second-order valence-electron chi connectivity index (χ2n) is 9.97. The van der Waals surface area contributed by atoms with Crippen molar-refractivity contribution >= 4 is 22.5 Å². The van der Waals surface area contributed by atoms with Crippen LogP contribution in [0.15, 0.2) is 85.5 Å². The Bertz CT molecular complexity index is 1690. The molecule has 0 radical (unpaired) electrons. The Labute approximate surface area is 224 Å². The minimum absolute atomic E-state index is 0.0759. The van der Waals surface area contributed by atoms with Crippen LogP contribution in [0.2, 0.25) is 0 Å². The summed E-state index contributed by atoms with van der Waals surface area (Å²) >= 11 is 0. The van der Waals surface area contributed by atoms with E-state index in [4.69, 9.17) is 4.74 Å². The third-order valence-corrected chi connectivity index (χ3v) is 7.23. The fourth-order valence-electron chi connectivity index (χ4n) is 4.80. The molecule has 0 bridgehead atoms. The summed E-state index contributed by atoms with van der Waals surface area (Å²) in [5.74, 6) is 0.482. The van der Waals surface area contributed by atoms with E-state index in [-0.39, 0.29) is 30.2 Å². The van der Waals surface area contributed by atoms with E-state index in [1.807, 2.05) is 43.6 Å². The van der Waals surface area contributed by atoms with Gasteiger partial charge in [-0.2, -0.15) is 5.10 Å². The molecule has 0 spiro atoms. The second-order valence-corrected chi connectivity index (χ2v) is 9.97. The van der Waals surface area contributed by atoms with Gasteiger partial charge < -0.3 is 4.74 Å². The van der Waals surface area contributed by atoms with Crippen LogP contribution in [-0.4, -0.2) is 31.3 Å². The summed E-state index contributed by atoms with van der Waals surface area (Å²) in [6.45, 7) is 0. The van der Waals surface area contributed by atoms with Crippen molar-refractivity contribution in [3.8, 4) is 22.8 Å². The fraction of sp³-hybridized carbons (Fsp3) is 0.194. The van der Waals surface area contributed by atoms with Crippen molar-refractivity contribution < 1.29 is 18.7 Å². The first-order valence-corrected chi connectivity index (χ1v) is 12.7. The first-order chi connectivity index (χ1) is 18.9. The predicted molar refractivity (Wildman–Crippen MR) is 144 cm³/mol. The van der Waals surface area contributed by atoms with E-state index in [2.05, 4.69) is 15.1 Å². The minimum atomic E-state index is -0.921. The molecule has 5 aromatic rings. The Kier molecular flexibility index (Phi) is 6.23. The van der Waals surface area contributed by atoms with Crippen LogP contribution in [0.3, 0.4) is 0 Å². The molecular weight excluding hydrogens is 495 g/mol. The number of carbonyl (C=O) groups excluding carboxylic acids is 2. The van der Waals surface area contributed by atoms with Gasteiger partial charge in [-0.25, -0.2) is 14.4 Å². The lowest BCUT2D eigenvalue weighted by atomic mass is 9.88. The summed E-state index contributed by atoms with van der Waals surface area (Å²) in [5.41, 5.74) is 3.32. The molecule has 6 rings (SSSR count). The van der Waals surface area contributed by atoms with Gasteiger partial charge in [0.15, 0.2) is 11.6 Å². The first-order valence-electron chi connectivity index (χ1n) is 12.7. The van der Waals surface area contributed by atoms with Gasteiger partial charge in [0, 0.05) is 31.6 Å². The Balaban J connectivity index is 1.15.